The molecule has 0 saturated carbocycles. The number of amides is 1. The number of rotatable bonds is 9. The summed E-state index contributed by atoms with van der Waals surface area (Å²) < 4.78 is 48.4. The van der Waals surface area contributed by atoms with Crippen LogP contribution in [0.25, 0.3) is 0 Å². The van der Waals surface area contributed by atoms with Gasteiger partial charge in [-0.3, -0.25) is 4.79 Å². The Morgan fingerprint density at radius 2 is 1.79 bits per heavy atom. The number of nitrogens with zero attached hydrogens (tertiary/aromatic N) is 1. The summed E-state index contributed by atoms with van der Waals surface area (Å²) in [5.41, 5.74) is 0.540. The highest BCUT2D eigenvalue weighted by Crippen LogP contribution is 2.25. The van der Waals surface area contributed by atoms with Gasteiger partial charge in [-0.05, 0) is 43.7 Å². The minimum atomic E-state index is -4.14. The molecule has 1 amide bonds. The summed E-state index contributed by atoms with van der Waals surface area (Å²) in [5, 5.41) is 0. The maximum atomic E-state index is 13.1. The van der Waals surface area contributed by atoms with Crippen LogP contribution in [0, 0.1) is 5.82 Å². The highest BCUT2D eigenvalue weighted by Gasteiger charge is 2.23. The van der Waals surface area contributed by atoms with E-state index in [0.717, 1.165) is 30.7 Å². The Hall–Kier alpha value is -2.45. The van der Waals surface area contributed by atoms with Crippen molar-refractivity contribution in [1.29, 1.82) is 0 Å². The van der Waals surface area contributed by atoms with Crippen molar-refractivity contribution in [2.75, 3.05) is 13.7 Å². The van der Waals surface area contributed by atoms with E-state index in [-0.39, 0.29) is 35.7 Å². The van der Waals surface area contributed by atoms with Crippen LogP contribution in [0.2, 0.25) is 0 Å². The van der Waals surface area contributed by atoms with Gasteiger partial charge in [-0.2, -0.15) is 8.42 Å². The first-order valence-electron chi connectivity index (χ1n) is 8.84. The molecule has 2 aromatic rings. The van der Waals surface area contributed by atoms with E-state index in [4.69, 9.17) is 8.92 Å². The van der Waals surface area contributed by atoms with Crippen LogP contribution in [-0.4, -0.2) is 39.0 Å². The monoisotopic (exact) mass is 409 g/mol. The van der Waals surface area contributed by atoms with Crippen molar-refractivity contribution in [2.45, 2.75) is 37.8 Å². The summed E-state index contributed by atoms with van der Waals surface area (Å²) in [6, 6.07) is 10.9. The van der Waals surface area contributed by atoms with E-state index < -0.39 is 15.9 Å². The molecule has 0 fully saturated rings. The fourth-order valence-corrected chi connectivity index (χ4v) is 3.55. The van der Waals surface area contributed by atoms with Crippen LogP contribution in [-0.2, 0) is 26.2 Å². The summed E-state index contributed by atoms with van der Waals surface area (Å²) >= 11 is 0. The summed E-state index contributed by atoms with van der Waals surface area (Å²) in [6.07, 6.45) is 0.729. The summed E-state index contributed by atoms with van der Waals surface area (Å²) in [5.74, 6) is -0.626. The zero-order valence-corrected chi connectivity index (χ0v) is 16.9. The summed E-state index contributed by atoms with van der Waals surface area (Å²) in [7, 11) is -2.70. The fourth-order valence-electron chi connectivity index (χ4n) is 2.58. The van der Waals surface area contributed by atoms with Gasteiger partial charge in [-0.15, -0.1) is 0 Å². The van der Waals surface area contributed by atoms with Crippen molar-refractivity contribution < 1.29 is 26.5 Å². The Labute approximate surface area is 165 Å². The standard InChI is InChI=1S/C20H24FNO5S/c1-4-15(2)22(20(23)14-26-3)13-16-7-5-6-8-19(16)27-28(24,25)18-11-9-17(21)10-12-18/h5-12,15H,4,13-14H2,1-3H3. The molecular weight excluding hydrogens is 385 g/mol. The molecule has 1 unspecified atom stereocenters. The van der Waals surface area contributed by atoms with E-state index in [9.17, 15) is 17.6 Å². The molecule has 6 nitrogen and oxygen atoms in total. The topological polar surface area (TPSA) is 72.9 Å². The number of benzene rings is 2. The summed E-state index contributed by atoms with van der Waals surface area (Å²) in [6.45, 7) is 3.97. The second-order valence-electron chi connectivity index (χ2n) is 6.31. The lowest BCUT2D eigenvalue weighted by Gasteiger charge is -2.29. The van der Waals surface area contributed by atoms with E-state index in [0.29, 0.717) is 5.56 Å². The lowest BCUT2D eigenvalue weighted by atomic mass is 10.1. The molecule has 2 aromatic carbocycles. The first-order chi connectivity index (χ1) is 13.3. The minimum absolute atomic E-state index is 0.0654. The van der Waals surface area contributed by atoms with Crippen molar-refractivity contribution >= 4 is 16.0 Å². The molecule has 0 saturated heterocycles. The van der Waals surface area contributed by atoms with Crippen LogP contribution in [0.15, 0.2) is 53.4 Å². The first kappa shape index (κ1) is 21.8. The van der Waals surface area contributed by atoms with Crippen molar-refractivity contribution in [3.05, 3.63) is 59.9 Å². The fraction of sp³-hybridized carbons (Fsp3) is 0.350. The van der Waals surface area contributed by atoms with Crippen molar-refractivity contribution in [3.63, 3.8) is 0 Å². The van der Waals surface area contributed by atoms with Gasteiger partial charge in [0.1, 0.15) is 23.1 Å². The lowest BCUT2D eigenvalue weighted by molar-refractivity contribution is -0.138. The first-order valence-corrected chi connectivity index (χ1v) is 10.3. The molecule has 0 radical (unpaired) electrons. The van der Waals surface area contributed by atoms with Crippen LogP contribution >= 0.6 is 0 Å². The lowest BCUT2D eigenvalue weighted by Crippen LogP contribution is -2.40. The van der Waals surface area contributed by atoms with Gasteiger partial charge >= 0.3 is 10.1 Å². The van der Waals surface area contributed by atoms with Crippen LogP contribution in [0.5, 0.6) is 5.75 Å². The van der Waals surface area contributed by atoms with Gasteiger partial charge in [0.05, 0.1) is 0 Å². The smallest absolute Gasteiger partial charge is 0.339 e. The normalized spacial score (nSPS) is 12.4. The number of carbonyl (C=O) groups is 1. The molecule has 1 atom stereocenters. The van der Waals surface area contributed by atoms with Crippen LogP contribution in [0.1, 0.15) is 25.8 Å². The SMILES string of the molecule is CCC(C)N(Cc1ccccc1OS(=O)(=O)c1ccc(F)cc1)C(=O)COC. The van der Waals surface area contributed by atoms with E-state index in [2.05, 4.69) is 0 Å². The number of para-hydroxylation sites is 1. The van der Waals surface area contributed by atoms with E-state index in [1.807, 2.05) is 13.8 Å². The van der Waals surface area contributed by atoms with Gasteiger partial charge in [-0.1, -0.05) is 25.1 Å². The molecule has 0 heterocycles. The molecule has 0 aliphatic heterocycles. The van der Waals surface area contributed by atoms with Gasteiger partial charge < -0.3 is 13.8 Å². The van der Waals surface area contributed by atoms with Gasteiger partial charge in [0.15, 0.2) is 0 Å². The van der Waals surface area contributed by atoms with Crippen molar-refractivity contribution in [3.8, 4) is 5.75 Å². The predicted molar refractivity (Wildman–Crippen MR) is 103 cm³/mol. The van der Waals surface area contributed by atoms with E-state index in [1.165, 1.54) is 13.2 Å². The molecule has 0 aromatic heterocycles. The predicted octanol–water partition coefficient (Wildman–Crippen LogP) is 3.37. The second kappa shape index (κ2) is 9.66. The number of ether oxygens (including phenoxy) is 1. The van der Waals surface area contributed by atoms with Gasteiger partial charge in [-0.25, -0.2) is 4.39 Å². The van der Waals surface area contributed by atoms with Gasteiger partial charge in [0, 0.05) is 25.3 Å². The number of halogens is 1. The van der Waals surface area contributed by atoms with Crippen molar-refractivity contribution in [1.82, 2.24) is 4.90 Å². The Morgan fingerprint density at radius 3 is 2.39 bits per heavy atom. The average Bonchev–Trinajstić information content (AvgIpc) is 2.67. The highest BCUT2D eigenvalue weighted by molar-refractivity contribution is 7.87. The third kappa shape index (κ3) is 5.53. The Bertz CT molecular complexity index is 899. The second-order valence-corrected chi connectivity index (χ2v) is 7.86. The van der Waals surface area contributed by atoms with E-state index in [1.54, 1.807) is 23.1 Å². The number of hydrogen-bond donors (Lipinski definition) is 0. The molecule has 2 rings (SSSR count). The maximum absolute atomic E-state index is 13.1. The quantitative estimate of drug-likeness (QED) is 0.594. The van der Waals surface area contributed by atoms with E-state index >= 15 is 0 Å². The number of methoxy groups -OCH3 is 1. The zero-order valence-electron chi connectivity index (χ0n) is 16.1. The third-order valence-electron chi connectivity index (χ3n) is 4.33. The molecular formula is C20H24FNO5S. The maximum Gasteiger partial charge on any atom is 0.339 e. The average molecular weight is 409 g/mol. The van der Waals surface area contributed by atoms with Crippen molar-refractivity contribution in [2.24, 2.45) is 0 Å². The van der Waals surface area contributed by atoms with Crippen LogP contribution in [0.3, 0.4) is 0 Å². The van der Waals surface area contributed by atoms with Crippen LogP contribution in [0.4, 0.5) is 4.39 Å². The number of hydrogen-bond acceptors (Lipinski definition) is 5. The third-order valence-corrected chi connectivity index (χ3v) is 5.57. The number of carbonyl (C=O) groups excluding carboxylic acids is 1. The summed E-state index contributed by atoms with van der Waals surface area (Å²) in [4.78, 5) is 13.9. The highest BCUT2D eigenvalue weighted by atomic mass is 32.2. The molecule has 0 aliphatic rings. The molecule has 0 aliphatic carbocycles. The molecule has 8 heteroatoms. The Morgan fingerprint density at radius 1 is 1.14 bits per heavy atom. The van der Waals surface area contributed by atoms with Gasteiger partial charge in [0.25, 0.3) is 0 Å². The molecule has 152 valence electrons. The largest absolute Gasteiger partial charge is 0.379 e. The minimum Gasteiger partial charge on any atom is -0.379 e. The van der Waals surface area contributed by atoms with Crippen LogP contribution < -0.4 is 4.18 Å². The Kier molecular flexibility index (Phi) is 7.53. The Balaban J connectivity index is 2.31. The molecule has 0 spiro atoms. The zero-order chi connectivity index (χ0) is 20.7. The van der Waals surface area contributed by atoms with Gasteiger partial charge in [0.2, 0.25) is 5.91 Å². The molecule has 28 heavy (non-hydrogen) atoms. The molecule has 0 N–H and O–H groups in total. The molecule has 0 bridgehead atoms.